The number of rotatable bonds is 5. The summed E-state index contributed by atoms with van der Waals surface area (Å²) in [6, 6.07) is 7.58. The number of carbonyl (C=O) groups excluding carboxylic acids is 1. The van der Waals surface area contributed by atoms with Crippen molar-refractivity contribution in [3.8, 4) is 0 Å². The van der Waals surface area contributed by atoms with E-state index in [4.69, 9.17) is 10.5 Å². The molecular weight excluding hydrogens is 264 g/mol. The molecule has 0 radical (unpaired) electrons. The van der Waals surface area contributed by atoms with Gasteiger partial charge < -0.3 is 15.8 Å². The zero-order chi connectivity index (χ0) is 15.3. The minimum atomic E-state index is -0.110. The SMILES string of the molecule is CC1(C)CCC(OCC(=O)Nc2ccccc2CN)CC1. The Bertz CT molecular complexity index is 475. The van der Waals surface area contributed by atoms with E-state index in [9.17, 15) is 4.79 Å². The number of benzene rings is 1. The van der Waals surface area contributed by atoms with Gasteiger partial charge in [-0.1, -0.05) is 32.0 Å². The Morgan fingerprint density at radius 1 is 1.33 bits per heavy atom. The van der Waals surface area contributed by atoms with Gasteiger partial charge in [-0.15, -0.1) is 0 Å². The number of ether oxygens (including phenoxy) is 1. The Hall–Kier alpha value is -1.39. The second-order valence-corrected chi connectivity index (χ2v) is 6.58. The molecule has 1 aliphatic rings. The summed E-state index contributed by atoms with van der Waals surface area (Å²) in [5, 5.41) is 2.87. The summed E-state index contributed by atoms with van der Waals surface area (Å²) in [5.74, 6) is -0.110. The molecule has 116 valence electrons. The van der Waals surface area contributed by atoms with Crippen molar-refractivity contribution < 1.29 is 9.53 Å². The molecule has 1 aromatic carbocycles. The van der Waals surface area contributed by atoms with Crippen LogP contribution in [0.2, 0.25) is 0 Å². The molecule has 0 atom stereocenters. The van der Waals surface area contributed by atoms with Crippen LogP contribution in [-0.4, -0.2) is 18.6 Å². The number of anilines is 1. The first kappa shape index (κ1) is 16.0. The van der Waals surface area contributed by atoms with Crippen LogP contribution in [0.15, 0.2) is 24.3 Å². The molecule has 1 fully saturated rings. The van der Waals surface area contributed by atoms with Crippen LogP contribution in [0.4, 0.5) is 5.69 Å². The van der Waals surface area contributed by atoms with E-state index in [1.54, 1.807) is 0 Å². The van der Waals surface area contributed by atoms with E-state index >= 15 is 0 Å². The highest BCUT2D eigenvalue weighted by atomic mass is 16.5. The normalized spacial score (nSPS) is 18.4. The summed E-state index contributed by atoms with van der Waals surface area (Å²) in [7, 11) is 0. The van der Waals surface area contributed by atoms with Crippen LogP contribution in [0, 0.1) is 5.41 Å². The summed E-state index contributed by atoms with van der Waals surface area (Å²) in [5.41, 5.74) is 7.79. The lowest BCUT2D eigenvalue weighted by atomic mass is 9.76. The predicted octanol–water partition coefficient (Wildman–Crippen LogP) is 3.07. The van der Waals surface area contributed by atoms with Gasteiger partial charge in [0, 0.05) is 12.2 Å². The number of amides is 1. The zero-order valence-corrected chi connectivity index (χ0v) is 13.0. The van der Waals surface area contributed by atoms with E-state index in [0.29, 0.717) is 12.0 Å². The Morgan fingerprint density at radius 2 is 2.00 bits per heavy atom. The maximum Gasteiger partial charge on any atom is 0.250 e. The molecular formula is C17H26N2O2. The third-order valence-electron chi connectivity index (χ3n) is 4.25. The average molecular weight is 290 g/mol. The lowest BCUT2D eigenvalue weighted by Crippen LogP contribution is -2.29. The maximum absolute atomic E-state index is 12.0. The predicted molar refractivity (Wildman–Crippen MR) is 85.0 cm³/mol. The van der Waals surface area contributed by atoms with Crippen molar-refractivity contribution in [2.24, 2.45) is 11.1 Å². The zero-order valence-electron chi connectivity index (χ0n) is 13.0. The van der Waals surface area contributed by atoms with Gasteiger partial charge in [0.1, 0.15) is 6.61 Å². The minimum absolute atomic E-state index is 0.110. The van der Waals surface area contributed by atoms with E-state index in [1.165, 1.54) is 0 Å². The molecule has 0 saturated heterocycles. The van der Waals surface area contributed by atoms with Crippen LogP contribution >= 0.6 is 0 Å². The van der Waals surface area contributed by atoms with Gasteiger partial charge in [0.2, 0.25) is 5.91 Å². The molecule has 1 amide bonds. The number of carbonyl (C=O) groups is 1. The van der Waals surface area contributed by atoms with Crippen molar-refractivity contribution in [1.82, 2.24) is 0 Å². The van der Waals surface area contributed by atoms with Gasteiger partial charge in [0.05, 0.1) is 6.10 Å². The van der Waals surface area contributed by atoms with Crippen LogP contribution in [-0.2, 0) is 16.1 Å². The van der Waals surface area contributed by atoms with Crippen LogP contribution in [0.25, 0.3) is 0 Å². The Morgan fingerprint density at radius 3 is 2.67 bits per heavy atom. The number of hydrogen-bond donors (Lipinski definition) is 2. The van der Waals surface area contributed by atoms with Crippen molar-refractivity contribution >= 4 is 11.6 Å². The summed E-state index contributed by atoms with van der Waals surface area (Å²) in [6.07, 6.45) is 4.62. The second kappa shape index (κ2) is 7.05. The fraction of sp³-hybridized carbons (Fsp3) is 0.588. The summed E-state index contributed by atoms with van der Waals surface area (Å²) in [4.78, 5) is 12.0. The van der Waals surface area contributed by atoms with Crippen LogP contribution in [0.3, 0.4) is 0 Å². The lowest BCUT2D eigenvalue weighted by Gasteiger charge is -2.34. The number of nitrogens with two attached hydrogens (primary N) is 1. The quantitative estimate of drug-likeness (QED) is 0.876. The fourth-order valence-electron chi connectivity index (χ4n) is 2.74. The molecule has 0 aromatic heterocycles. The molecule has 0 heterocycles. The van der Waals surface area contributed by atoms with E-state index in [0.717, 1.165) is 36.9 Å². The molecule has 1 aliphatic carbocycles. The second-order valence-electron chi connectivity index (χ2n) is 6.58. The first-order valence-electron chi connectivity index (χ1n) is 7.69. The number of para-hydroxylation sites is 1. The molecule has 0 aliphatic heterocycles. The highest BCUT2D eigenvalue weighted by Gasteiger charge is 2.27. The van der Waals surface area contributed by atoms with E-state index in [2.05, 4.69) is 19.2 Å². The monoisotopic (exact) mass is 290 g/mol. The van der Waals surface area contributed by atoms with Crippen molar-refractivity contribution in [3.63, 3.8) is 0 Å². The van der Waals surface area contributed by atoms with E-state index in [-0.39, 0.29) is 18.6 Å². The number of nitrogens with one attached hydrogen (secondary N) is 1. The van der Waals surface area contributed by atoms with E-state index in [1.807, 2.05) is 24.3 Å². The molecule has 4 heteroatoms. The van der Waals surface area contributed by atoms with Crippen molar-refractivity contribution in [2.75, 3.05) is 11.9 Å². The van der Waals surface area contributed by atoms with Gasteiger partial charge >= 0.3 is 0 Å². The molecule has 0 spiro atoms. The molecule has 1 saturated carbocycles. The van der Waals surface area contributed by atoms with Gasteiger partial charge in [-0.3, -0.25) is 4.79 Å². The minimum Gasteiger partial charge on any atom is -0.368 e. The third-order valence-corrected chi connectivity index (χ3v) is 4.25. The first-order chi connectivity index (χ1) is 10.00. The summed E-state index contributed by atoms with van der Waals surface area (Å²) < 4.78 is 5.74. The van der Waals surface area contributed by atoms with Crippen molar-refractivity contribution in [3.05, 3.63) is 29.8 Å². The highest BCUT2D eigenvalue weighted by Crippen LogP contribution is 2.36. The molecule has 0 unspecified atom stereocenters. The molecule has 21 heavy (non-hydrogen) atoms. The summed E-state index contributed by atoms with van der Waals surface area (Å²) in [6.45, 7) is 5.11. The summed E-state index contributed by atoms with van der Waals surface area (Å²) >= 11 is 0. The maximum atomic E-state index is 12.0. The Kier molecular flexibility index (Phi) is 5.37. The Balaban J connectivity index is 1.78. The number of hydrogen-bond acceptors (Lipinski definition) is 3. The topological polar surface area (TPSA) is 64.3 Å². The first-order valence-corrected chi connectivity index (χ1v) is 7.69. The molecule has 0 bridgehead atoms. The van der Waals surface area contributed by atoms with Crippen molar-refractivity contribution in [1.29, 1.82) is 0 Å². The third kappa shape index (κ3) is 4.83. The van der Waals surface area contributed by atoms with E-state index < -0.39 is 0 Å². The largest absolute Gasteiger partial charge is 0.368 e. The van der Waals surface area contributed by atoms with Crippen molar-refractivity contribution in [2.45, 2.75) is 52.2 Å². The average Bonchev–Trinajstić information content (AvgIpc) is 2.47. The van der Waals surface area contributed by atoms with Gasteiger partial charge in [-0.25, -0.2) is 0 Å². The van der Waals surface area contributed by atoms with Crippen LogP contribution in [0.1, 0.15) is 45.1 Å². The molecule has 4 nitrogen and oxygen atoms in total. The lowest BCUT2D eigenvalue weighted by molar-refractivity contribution is -0.123. The van der Waals surface area contributed by atoms with Crippen LogP contribution < -0.4 is 11.1 Å². The van der Waals surface area contributed by atoms with Gasteiger partial charge in [0.25, 0.3) is 0 Å². The van der Waals surface area contributed by atoms with Gasteiger partial charge in [-0.2, -0.15) is 0 Å². The van der Waals surface area contributed by atoms with Gasteiger partial charge in [0.15, 0.2) is 0 Å². The van der Waals surface area contributed by atoms with Gasteiger partial charge in [-0.05, 0) is 42.7 Å². The molecule has 1 aromatic rings. The van der Waals surface area contributed by atoms with Crippen LogP contribution in [0.5, 0.6) is 0 Å². The fourth-order valence-corrected chi connectivity index (χ4v) is 2.74. The standard InChI is InChI=1S/C17H26N2O2/c1-17(2)9-7-14(8-10-17)21-12-16(20)19-15-6-4-3-5-13(15)11-18/h3-6,14H,7-12,18H2,1-2H3,(H,19,20). The molecule has 3 N–H and O–H groups in total. The smallest absolute Gasteiger partial charge is 0.250 e. The Labute approximate surface area is 127 Å². The molecule has 2 rings (SSSR count). The highest BCUT2D eigenvalue weighted by molar-refractivity contribution is 5.92.